The minimum atomic E-state index is -0.244. The molecular weight excluding hydrogens is 291 g/mol. The van der Waals surface area contributed by atoms with Gasteiger partial charge in [0.1, 0.15) is 17.3 Å². The third-order valence-electron chi connectivity index (χ3n) is 3.99. The molecule has 1 unspecified atom stereocenters. The summed E-state index contributed by atoms with van der Waals surface area (Å²) in [6.45, 7) is 5.63. The number of nitrogens with zero attached hydrogens (tertiary/aromatic N) is 1. The highest BCUT2D eigenvalue weighted by molar-refractivity contribution is 5.69. The van der Waals surface area contributed by atoms with E-state index in [1.807, 2.05) is 19.2 Å². The molecule has 0 fully saturated rings. The fourth-order valence-corrected chi connectivity index (χ4v) is 2.76. The Hall–Kier alpha value is -2.36. The fourth-order valence-electron chi connectivity index (χ4n) is 2.76. The van der Waals surface area contributed by atoms with E-state index in [1.165, 1.54) is 17.7 Å². The Labute approximate surface area is 136 Å². The molecule has 0 spiro atoms. The van der Waals surface area contributed by atoms with Crippen molar-refractivity contribution in [1.29, 1.82) is 0 Å². The SMILES string of the molecule is CC=CNCCc1cc2c(c(-c3ccc(F)cc3)n1)OCC2C. The summed E-state index contributed by atoms with van der Waals surface area (Å²) in [5, 5.41) is 3.23. The van der Waals surface area contributed by atoms with Crippen LogP contribution in [0.3, 0.4) is 0 Å². The molecule has 0 radical (unpaired) electrons. The number of halogens is 1. The van der Waals surface area contributed by atoms with Crippen LogP contribution in [0.25, 0.3) is 11.3 Å². The van der Waals surface area contributed by atoms with Gasteiger partial charge in [0.25, 0.3) is 0 Å². The number of hydrogen-bond acceptors (Lipinski definition) is 3. The number of ether oxygens (including phenoxy) is 1. The zero-order valence-corrected chi connectivity index (χ0v) is 13.5. The van der Waals surface area contributed by atoms with Gasteiger partial charge in [-0.1, -0.05) is 13.0 Å². The number of nitrogens with one attached hydrogen (secondary N) is 1. The molecule has 1 aliphatic rings. The zero-order chi connectivity index (χ0) is 16.2. The second-order valence-electron chi connectivity index (χ2n) is 5.80. The van der Waals surface area contributed by atoms with Crippen molar-refractivity contribution in [3.05, 3.63) is 59.7 Å². The minimum absolute atomic E-state index is 0.244. The lowest BCUT2D eigenvalue weighted by atomic mass is 9.99. The topological polar surface area (TPSA) is 34.2 Å². The van der Waals surface area contributed by atoms with Gasteiger partial charge >= 0.3 is 0 Å². The average Bonchev–Trinajstić information content (AvgIpc) is 2.93. The summed E-state index contributed by atoms with van der Waals surface area (Å²) in [5.74, 6) is 0.954. The lowest BCUT2D eigenvalue weighted by molar-refractivity contribution is 0.337. The molecule has 0 aliphatic carbocycles. The summed E-state index contributed by atoms with van der Waals surface area (Å²) in [5.41, 5.74) is 3.92. The van der Waals surface area contributed by atoms with Crippen molar-refractivity contribution in [1.82, 2.24) is 10.3 Å². The van der Waals surface area contributed by atoms with E-state index in [0.29, 0.717) is 12.5 Å². The smallest absolute Gasteiger partial charge is 0.149 e. The lowest BCUT2D eigenvalue weighted by Gasteiger charge is -2.11. The first-order chi connectivity index (χ1) is 11.2. The van der Waals surface area contributed by atoms with E-state index in [1.54, 1.807) is 12.1 Å². The van der Waals surface area contributed by atoms with E-state index in [9.17, 15) is 4.39 Å². The van der Waals surface area contributed by atoms with Gasteiger partial charge in [-0.3, -0.25) is 0 Å². The van der Waals surface area contributed by atoms with E-state index in [-0.39, 0.29) is 5.82 Å². The Balaban J connectivity index is 1.95. The monoisotopic (exact) mass is 312 g/mol. The quantitative estimate of drug-likeness (QED) is 0.846. The second-order valence-corrected chi connectivity index (χ2v) is 5.80. The highest BCUT2D eigenvalue weighted by Crippen LogP contribution is 2.40. The molecule has 2 aromatic rings. The molecule has 1 aliphatic heterocycles. The molecule has 120 valence electrons. The zero-order valence-electron chi connectivity index (χ0n) is 13.5. The van der Waals surface area contributed by atoms with E-state index >= 15 is 0 Å². The molecule has 1 aromatic carbocycles. The largest absolute Gasteiger partial charge is 0.490 e. The van der Waals surface area contributed by atoms with Crippen LogP contribution in [0.4, 0.5) is 4.39 Å². The lowest BCUT2D eigenvalue weighted by Crippen LogP contribution is -2.11. The van der Waals surface area contributed by atoms with Crippen molar-refractivity contribution in [2.24, 2.45) is 0 Å². The van der Waals surface area contributed by atoms with E-state index in [0.717, 1.165) is 35.7 Å². The normalized spacial score (nSPS) is 16.4. The number of allylic oxidation sites excluding steroid dienone is 1. The van der Waals surface area contributed by atoms with E-state index in [4.69, 9.17) is 9.72 Å². The van der Waals surface area contributed by atoms with Crippen molar-refractivity contribution in [2.45, 2.75) is 26.2 Å². The Morgan fingerprint density at radius 3 is 2.87 bits per heavy atom. The van der Waals surface area contributed by atoms with Gasteiger partial charge in [0, 0.05) is 35.7 Å². The van der Waals surface area contributed by atoms with Crippen molar-refractivity contribution in [3.63, 3.8) is 0 Å². The maximum atomic E-state index is 13.2. The van der Waals surface area contributed by atoms with Gasteiger partial charge in [-0.2, -0.15) is 0 Å². The predicted octanol–water partition coefficient (Wildman–Crippen LogP) is 4.05. The Bertz CT molecular complexity index is 710. The molecule has 0 amide bonds. The van der Waals surface area contributed by atoms with Crippen molar-refractivity contribution >= 4 is 0 Å². The fraction of sp³-hybridized carbons (Fsp3) is 0.316. The van der Waals surface area contributed by atoms with Gasteiger partial charge in [0.05, 0.1) is 6.61 Å². The summed E-state index contributed by atoms with van der Waals surface area (Å²) in [6.07, 6.45) is 4.73. The summed E-state index contributed by atoms with van der Waals surface area (Å²) in [4.78, 5) is 4.76. The third kappa shape index (κ3) is 3.36. The first kappa shape index (κ1) is 15.5. The summed E-state index contributed by atoms with van der Waals surface area (Å²) >= 11 is 0. The average molecular weight is 312 g/mol. The number of fused-ring (bicyclic) bond motifs is 1. The van der Waals surface area contributed by atoms with Crippen LogP contribution in [0.1, 0.15) is 31.0 Å². The van der Waals surface area contributed by atoms with E-state index < -0.39 is 0 Å². The van der Waals surface area contributed by atoms with Crippen LogP contribution < -0.4 is 10.1 Å². The van der Waals surface area contributed by atoms with Gasteiger partial charge in [-0.25, -0.2) is 9.37 Å². The molecule has 3 rings (SSSR count). The Morgan fingerprint density at radius 2 is 2.13 bits per heavy atom. The molecule has 0 saturated heterocycles. The minimum Gasteiger partial charge on any atom is -0.490 e. The van der Waals surface area contributed by atoms with Gasteiger partial charge in [-0.15, -0.1) is 0 Å². The standard InChI is InChI=1S/C19H21FN2O/c1-3-9-21-10-8-16-11-17-13(2)12-23-19(17)18(22-16)14-4-6-15(20)7-5-14/h3-7,9,11,13,21H,8,10,12H2,1-2H3. The molecule has 23 heavy (non-hydrogen) atoms. The number of aromatic nitrogens is 1. The molecule has 1 atom stereocenters. The Kier molecular flexibility index (Phi) is 4.60. The summed E-state index contributed by atoms with van der Waals surface area (Å²) in [6, 6.07) is 8.57. The van der Waals surface area contributed by atoms with Crippen LogP contribution in [0, 0.1) is 5.82 Å². The van der Waals surface area contributed by atoms with Gasteiger partial charge in [0.2, 0.25) is 0 Å². The number of benzene rings is 1. The maximum Gasteiger partial charge on any atom is 0.149 e. The van der Waals surface area contributed by atoms with Crippen LogP contribution in [0.5, 0.6) is 5.75 Å². The van der Waals surface area contributed by atoms with Crippen LogP contribution in [-0.4, -0.2) is 18.1 Å². The first-order valence-electron chi connectivity index (χ1n) is 7.96. The maximum absolute atomic E-state index is 13.2. The Morgan fingerprint density at radius 1 is 1.35 bits per heavy atom. The number of hydrogen-bond donors (Lipinski definition) is 1. The summed E-state index contributed by atoms with van der Waals surface area (Å²) < 4.78 is 19.0. The molecule has 0 bridgehead atoms. The van der Waals surface area contributed by atoms with Gasteiger partial charge in [-0.05, 0) is 43.5 Å². The van der Waals surface area contributed by atoms with Gasteiger partial charge in [0.15, 0.2) is 0 Å². The van der Waals surface area contributed by atoms with Crippen molar-refractivity contribution in [2.75, 3.05) is 13.2 Å². The van der Waals surface area contributed by atoms with Crippen molar-refractivity contribution in [3.8, 4) is 17.0 Å². The highest BCUT2D eigenvalue weighted by Gasteiger charge is 2.25. The van der Waals surface area contributed by atoms with Crippen LogP contribution >= 0.6 is 0 Å². The number of pyridine rings is 1. The molecule has 3 nitrogen and oxygen atoms in total. The predicted molar refractivity (Wildman–Crippen MR) is 90.1 cm³/mol. The number of rotatable bonds is 5. The molecular formula is C19H21FN2O. The third-order valence-corrected chi connectivity index (χ3v) is 3.99. The van der Waals surface area contributed by atoms with Crippen LogP contribution in [0.15, 0.2) is 42.6 Å². The first-order valence-corrected chi connectivity index (χ1v) is 7.96. The van der Waals surface area contributed by atoms with Crippen LogP contribution in [0.2, 0.25) is 0 Å². The van der Waals surface area contributed by atoms with E-state index in [2.05, 4.69) is 18.3 Å². The van der Waals surface area contributed by atoms with Gasteiger partial charge < -0.3 is 10.1 Å². The highest BCUT2D eigenvalue weighted by atomic mass is 19.1. The second kappa shape index (κ2) is 6.82. The molecule has 1 aromatic heterocycles. The summed E-state index contributed by atoms with van der Waals surface area (Å²) in [7, 11) is 0. The van der Waals surface area contributed by atoms with Crippen LogP contribution in [-0.2, 0) is 6.42 Å². The molecule has 1 N–H and O–H groups in total. The molecule has 2 heterocycles. The molecule has 0 saturated carbocycles. The van der Waals surface area contributed by atoms with Crippen molar-refractivity contribution < 1.29 is 9.13 Å². The molecule has 4 heteroatoms.